The van der Waals surface area contributed by atoms with Crippen molar-refractivity contribution in [2.75, 3.05) is 7.11 Å². The second kappa shape index (κ2) is 9.78. The van der Waals surface area contributed by atoms with Gasteiger partial charge in [0, 0.05) is 23.3 Å². The van der Waals surface area contributed by atoms with Crippen molar-refractivity contribution in [3.05, 3.63) is 88.0 Å². The molecule has 1 N–H and O–H groups in total. The number of methoxy groups -OCH3 is 1. The molecule has 4 aliphatic rings. The Morgan fingerprint density at radius 2 is 1.80 bits per heavy atom. The Labute approximate surface area is 239 Å². The SMILES string of the molecule is COc1cccc([C@H]2C[C@@]3(C)[C@@H](CC[C@@]3(O)C#Cc3ccc(C(C)(C)C)cc3)[C@@H]3CCC4=CC(=O)CCC4=C32)c1. The van der Waals surface area contributed by atoms with E-state index in [4.69, 9.17) is 4.74 Å². The van der Waals surface area contributed by atoms with E-state index in [-0.39, 0.29) is 22.5 Å². The van der Waals surface area contributed by atoms with E-state index in [0.29, 0.717) is 24.7 Å². The Kier molecular flexibility index (Phi) is 6.62. The van der Waals surface area contributed by atoms with E-state index < -0.39 is 5.60 Å². The Bertz CT molecular complexity index is 1460. The van der Waals surface area contributed by atoms with E-state index in [1.807, 2.05) is 12.1 Å². The summed E-state index contributed by atoms with van der Waals surface area (Å²) >= 11 is 0. The topological polar surface area (TPSA) is 46.5 Å². The van der Waals surface area contributed by atoms with E-state index in [9.17, 15) is 9.90 Å². The summed E-state index contributed by atoms with van der Waals surface area (Å²) in [4.78, 5) is 12.3. The lowest BCUT2D eigenvalue weighted by atomic mass is 9.51. The van der Waals surface area contributed by atoms with Crippen LogP contribution in [-0.2, 0) is 10.2 Å². The molecule has 2 fully saturated rings. The fraction of sp³-hybridized carbons (Fsp3) is 0.486. The van der Waals surface area contributed by atoms with E-state index in [1.165, 1.54) is 27.8 Å². The van der Waals surface area contributed by atoms with Gasteiger partial charge in [0.15, 0.2) is 5.78 Å². The number of hydrogen-bond acceptors (Lipinski definition) is 3. The van der Waals surface area contributed by atoms with E-state index >= 15 is 0 Å². The Morgan fingerprint density at radius 3 is 2.52 bits per heavy atom. The van der Waals surface area contributed by atoms with Crippen LogP contribution in [0.3, 0.4) is 0 Å². The van der Waals surface area contributed by atoms with Crippen LogP contribution in [0.4, 0.5) is 0 Å². The van der Waals surface area contributed by atoms with Gasteiger partial charge in [-0.3, -0.25) is 4.79 Å². The highest BCUT2D eigenvalue weighted by molar-refractivity contribution is 5.93. The normalized spacial score (nSPS) is 31.4. The molecule has 2 saturated carbocycles. The van der Waals surface area contributed by atoms with Gasteiger partial charge < -0.3 is 9.84 Å². The molecule has 0 unspecified atom stereocenters. The molecule has 0 aliphatic heterocycles. The number of ketones is 1. The molecule has 208 valence electrons. The number of aliphatic hydroxyl groups is 1. The van der Waals surface area contributed by atoms with Gasteiger partial charge in [-0.05, 0) is 108 Å². The van der Waals surface area contributed by atoms with Gasteiger partial charge in [0.2, 0.25) is 0 Å². The molecule has 3 nitrogen and oxygen atoms in total. The van der Waals surface area contributed by atoms with Crippen molar-refractivity contribution in [2.45, 2.75) is 89.6 Å². The van der Waals surface area contributed by atoms with Gasteiger partial charge in [-0.2, -0.15) is 0 Å². The van der Waals surface area contributed by atoms with Crippen molar-refractivity contribution < 1.29 is 14.6 Å². The van der Waals surface area contributed by atoms with Gasteiger partial charge in [-0.1, -0.05) is 69.4 Å². The molecule has 0 saturated heterocycles. The summed E-state index contributed by atoms with van der Waals surface area (Å²) in [7, 11) is 1.72. The first-order valence-corrected chi connectivity index (χ1v) is 15.0. The van der Waals surface area contributed by atoms with Crippen molar-refractivity contribution in [2.24, 2.45) is 17.3 Å². The molecule has 40 heavy (non-hydrogen) atoms. The maximum atomic E-state index is 12.3. The third-order valence-corrected chi connectivity index (χ3v) is 10.5. The van der Waals surface area contributed by atoms with Crippen LogP contribution in [-0.4, -0.2) is 23.6 Å². The van der Waals surface area contributed by atoms with Crippen LogP contribution in [0.2, 0.25) is 0 Å². The number of carbonyl (C=O) groups excluding carboxylic acids is 1. The number of allylic oxidation sites excluding steroid dienone is 4. The molecule has 5 atom stereocenters. The molecule has 2 aromatic carbocycles. The zero-order chi connectivity index (χ0) is 28.3. The van der Waals surface area contributed by atoms with Gasteiger partial charge in [-0.25, -0.2) is 0 Å². The Morgan fingerprint density at radius 1 is 1.02 bits per heavy atom. The second-order valence-corrected chi connectivity index (χ2v) is 13.7. The number of fused-ring (bicyclic) bond motifs is 4. The van der Waals surface area contributed by atoms with Crippen LogP contribution in [0.25, 0.3) is 0 Å². The van der Waals surface area contributed by atoms with Gasteiger partial charge in [0.25, 0.3) is 0 Å². The smallest absolute Gasteiger partial charge is 0.156 e. The molecule has 0 amide bonds. The highest BCUT2D eigenvalue weighted by Crippen LogP contribution is 2.66. The summed E-state index contributed by atoms with van der Waals surface area (Å²) in [6, 6.07) is 17.0. The quantitative estimate of drug-likeness (QED) is 0.402. The molecule has 6 rings (SSSR count). The minimum Gasteiger partial charge on any atom is -0.497 e. The monoisotopic (exact) mass is 534 g/mol. The average Bonchev–Trinajstić information content (AvgIpc) is 3.21. The molecular formula is C37H42O3. The van der Waals surface area contributed by atoms with Crippen molar-refractivity contribution in [3.8, 4) is 17.6 Å². The number of carbonyl (C=O) groups is 1. The standard InChI is InChI=1S/C37H42O3/c1-35(2,3)27-12-9-24(10-13-27)17-19-37(39)20-18-33-31-15-11-26-21-28(38)14-16-30(26)34(31)32(23-36(33,37)4)25-7-6-8-29(22-25)40-5/h6-10,12-13,21-22,31-33,39H,11,14-16,18,20,23H2,1-5H3/t31-,32+,33-,36-,37-/m0/s1. The molecule has 0 aromatic heterocycles. The van der Waals surface area contributed by atoms with E-state index in [1.54, 1.807) is 7.11 Å². The average molecular weight is 535 g/mol. The van der Waals surface area contributed by atoms with Crippen LogP contribution in [0, 0.1) is 29.1 Å². The maximum absolute atomic E-state index is 12.3. The molecule has 0 spiro atoms. The van der Waals surface area contributed by atoms with Gasteiger partial charge in [0.05, 0.1) is 7.11 Å². The summed E-state index contributed by atoms with van der Waals surface area (Å²) in [6.07, 6.45) is 7.88. The lowest BCUT2D eigenvalue weighted by Crippen LogP contribution is -2.51. The largest absolute Gasteiger partial charge is 0.497 e. The highest BCUT2D eigenvalue weighted by atomic mass is 16.5. The number of ether oxygens (including phenoxy) is 1. The number of rotatable bonds is 2. The molecule has 0 bridgehead atoms. The predicted octanol–water partition coefficient (Wildman–Crippen LogP) is 7.68. The lowest BCUT2D eigenvalue weighted by Gasteiger charge is -2.53. The van der Waals surface area contributed by atoms with Crippen molar-refractivity contribution in [3.63, 3.8) is 0 Å². The van der Waals surface area contributed by atoms with Crippen LogP contribution in [0.5, 0.6) is 5.75 Å². The molecule has 3 heteroatoms. The van der Waals surface area contributed by atoms with Crippen molar-refractivity contribution in [1.29, 1.82) is 0 Å². The number of benzene rings is 2. The van der Waals surface area contributed by atoms with Crippen LogP contribution in [0.15, 0.2) is 71.3 Å². The first kappa shape index (κ1) is 27.1. The summed E-state index contributed by atoms with van der Waals surface area (Å²) in [5.41, 5.74) is 6.40. The van der Waals surface area contributed by atoms with Crippen LogP contribution < -0.4 is 4.74 Å². The van der Waals surface area contributed by atoms with Crippen LogP contribution >= 0.6 is 0 Å². The third kappa shape index (κ3) is 4.46. The summed E-state index contributed by atoms with van der Waals surface area (Å²) < 4.78 is 5.63. The summed E-state index contributed by atoms with van der Waals surface area (Å²) in [5, 5.41) is 12.3. The second-order valence-electron chi connectivity index (χ2n) is 13.7. The molecule has 0 radical (unpaired) electrons. The van der Waals surface area contributed by atoms with Gasteiger partial charge in [-0.15, -0.1) is 0 Å². The van der Waals surface area contributed by atoms with Gasteiger partial charge in [0.1, 0.15) is 11.4 Å². The lowest BCUT2D eigenvalue weighted by molar-refractivity contribution is -0.114. The molecular weight excluding hydrogens is 492 g/mol. The first-order chi connectivity index (χ1) is 19.0. The highest BCUT2D eigenvalue weighted by Gasteiger charge is 2.62. The third-order valence-electron chi connectivity index (χ3n) is 10.5. The summed E-state index contributed by atoms with van der Waals surface area (Å²) in [6.45, 7) is 8.95. The van der Waals surface area contributed by atoms with Crippen LogP contribution in [0.1, 0.15) is 95.2 Å². The summed E-state index contributed by atoms with van der Waals surface area (Å²) in [5.74, 6) is 8.88. The minimum absolute atomic E-state index is 0.0976. The van der Waals surface area contributed by atoms with E-state index in [0.717, 1.165) is 43.4 Å². The minimum atomic E-state index is -1.05. The van der Waals surface area contributed by atoms with Gasteiger partial charge >= 0.3 is 0 Å². The molecule has 4 aliphatic carbocycles. The Balaban J connectivity index is 1.42. The van der Waals surface area contributed by atoms with Crippen molar-refractivity contribution >= 4 is 5.78 Å². The predicted molar refractivity (Wildman–Crippen MR) is 160 cm³/mol. The first-order valence-electron chi connectivity index (χ1n) is 15.0. The molecule has 2 aromatic rings. The Hall–Kier alpha value is -3.09. The fourth-order valence-electron chi connectivity index (χ4n) is 8.26. The zero-order valence-electron chi connectivity index (χ0n) is 24.6. The fourth-order valence-corrected chi connectivity index (χ4v) is 8.26. The number of hydrogen-bond donors (Lipinski definition) is 1. The van der Waals surface area contributed by atoms with Crippen molar-refractivity contribution in [1.82, 2.24) is 0 Å². The maximum Gasteiger partial charge on any atom is 0.156 e. The zero-order valence-corrected chi connectivity index (χ0v) is 24.6. The molecule has 0 heterocycles. The van der Waals surface area contributed by atoms with E-state index in [2.05, 4.69) is 82.0 Å².